The number of anilines is 1. The summed E-state index contributed by atoms with van der Waals surface area (Å²) in [7, 11) is 1.33. The zero-order valence-electron chi connectivity index (χ0n) is 7.78. The van der Waals surface area contributed by atoms with Gasteiger partial charge in [-0.25, -0.2) is 0 Å². The Balaban J connectivity index is 2.64. The van der Waals surface area contributed by atoms with Crippen molar-refractivity contribution >= 4 is 11.7 Å². The smallest absolute Gasteiger partial charge is 0.317 e. The molecule has 0 aliphatic heterocycles. The summed E-state index contributed by atoms with van der Waals surface area (Å²) in [6.07, 6.45) is 3.19. The second-order valence-corrected chi connectivity index (χ2v) is 2.56. The van der Waals surface area contributed by atoms with Crippen LogP contribution in [0.3, 0.4) is 0 Å². The topological polar surface area (TPSA) is 65.2 Å². The zero-order valence-corrected chi connectivity index (χ0v) is 7.78. The van der Waals surface area contributed by atoms with E-state index in [0.29, 0.717) is 11.3 Å². The fraction of sp³-hybridized carbons (Fsp3) is 0.200. The summed E-state index contributed by atoms with van der Waals surface area (Å²) in [5, 5.41) is 0. The number of hydrogen-bond acceptors (Lipinski definition) is 4. The molecule has 0 aromatic carbocycles. The van der Waals surface area contributed by atoms with Crippen molar-refractivity contribution in [3.63, 3.8) is 0 Å². The van der Waals surface area contributed by atoms with Gasteiger partial charge in [-0.15, -0.1) is 0 Å². The molecule has 0 aliphatic carbocycles. The SMILES string of the molecule is COC(=O)CC#Cc1cncc(N)c1. The van der Waals surface area contributed by atoms with E-state index in [4.69, 9.17) is 5.73 Å². The van der Waals surface area contributed by atoms with Crippen LogP contribution in [0.25, 0.3) is 0 Å². The number of hydrogen-bond donors (Lipinski definition) is 1. The summed E-state index contributed by atoms with van der Waals surface area (Å²) in [5.74, 6) is 5.06. The minimum atomic E-state index is -0.352. The van der Waals surface area contributed by atoms with Gasteiger partial charge in [-0.05, 0) is 6.07 Å². The highest BCUT2D eigenvalue weighted by molar-refractivity contribution is 5.72. The number of pyridine rings is 1. The number of rotatable bonds is 1. The normalized spacial score (nSPS) is 8.64. The van der Waals surface area contributed by atoms with Gasteiger partial charge in [0.1, 0.15) is 6.42 Å². The molecule has 0 aliphatic rings. The van der Waals surface area contributed by atoms with Crippen molar-refractivity contribution in [2.75, 3.05) is 12.8 Å². The lowest BCUT2D eigenvalue weighted by atomic mass is 10.2. The lowest BCUT2D eigenvalue weighted by Crippen LogP contribution is -1.97. The van der Waals surface area contributed by atoms with E-state index in [-0.39, 0.29) is 12.4 Å². The van der Waals surface area contributed by atoms with Crippen LogP contribution in [0.15, 0.2) is 18.5 Å². The second kappa shape index (κ2) is 4.87. The third-order valence-electron chi connectivity index (χ3n) is 1.45. The number of methoxy groups -OCH3 is 1. The quantitative estimate of drug-likeness (QED) is 0.519. The maximum atomic E-state index is 10.7. The highest BCUT2D eigenvalue weighted by atomic mass is 16.5. The van der Waals surface area contributed by atoms with E-state index < -0.39 is 0 Å². The van der Waals surface area contributed by atoms with Gasteiger partial charge in [0.05, 0.1) is 12.8 Å². The van der Waals surface area contributed by atoms with Gasteiger partial charge in [-0.3, -0.25) is 9.78 Å². The first kappa shape index (κ1) is 10.1. The van der Waals surface area contributed by atoms with Crippen LogP contribution in [0.2, 0.25) is 0 Å². The molecule has 0 atom stereocenters. The Morgan fingerprint density at radius 2 is 2.43 bits per heavy atom. The number of ether oxygens (including phenoxy) is 1. The Hall–Kier alpha value is -2.02. The Morgan fingerprint density at radius 1 is 1.64 bits per heavy atom. The van der Waals surface area contributed by atoms with Crippen LogP contribution in [0.1, 0.15) is 12.0 Å². The predicted molar refractivity (Wildman–Crippen MR) is 52.2 cm³/mol. The van der Waals surface area contributed by atoms with Crippen LogP contribution >= 0.6 is 0 Å². The highest BCUT2D eigenvalue weighted by Gasteiger charge is 1.93. The number of nitrogens with zero attached hydrogens (tertiary/aromatic N) is 1. The van der Waals surface area contributed by atoms with Crippen molar-refractivity contribution in [1.82, 2.24) is 4.98 Å². The first-order valence-electron chi connectivity index (χ1n) is 3.98. The van der Waals surface area contributed by atoms with E-state index in [1.807, 2.05) is 0 Å². The molecule has 0 saturated heterocycles. The molecule has 2 N–H and O–H groups in total. The molecule has 0 spiro atoms. The molecule has 0 radical (unpaired) electrons. The molecule has 14 heavy (non-hydrogen) atoms. The monoisotopic (exact) mass is 190 g/mol. The van der Waals surface area contributed by atoms with Crippen molar-refractivity contribution in [3.05, 3.63) is 24.0 Å². The Labute approximate surface area is 82.1 Å². The molecule has 0 amide bonds. The van der Waals surface area contributed by atoms with E-state index in [2.05, 4.69) is 21.6 Å². The summed E-state index contributed by atoms with van der Waals surface area (Å²) >= 11 is 0. The average molecular weight is 190 g/mol. The van der Waals surface area contributed by atoms with E-state index in [9.17, 15) is 4.79 Å². The Bertz CT molecular complexity index is 391. The van der Waals surface area contributed by atoms with Crippen LogP contribution in [-0.4, -0.2) is 18.1 Å². The number of aromatic nitrogens is 1. The van der Waals surface area contributed by atoms with Crippen LogP contribution in [-0.2, 0) is 9.53 Å². The van der Waals surface area contributed by atoms with Crippen molar-refractivity contribution in [1.29, 1.82) is 0 Å². The van der Waals surface area contributed by atoms with Gasteiger partial charge in [0.15, 0.2) is 0 Å². The van der Waals surface area contributed by atoms with Gasteiger partial charge >= 0.3 is 5.97 Å². The Kier molecular flexibility index (Phi) is 3.50. The second-order valence-electron chi connectivity index (χ2n) is 2.56. The number of esters is 1. The van der Waals surface area contributed by atoms with Gasteiger partial charge in [0.2, 0.25) is 0 Å². The molecule has 0 saturated carbocycles. The van der Waals surface area contributed by atoms with Crippen LogP contribution in [0, 0.1) is 11.8 Å². The van der Waals surface area contributed by atoms with Gasteiger partial charge in [0, 0.05) is 18.0 Å². The molecule has 0 bridgehead atoms. The van der Waals surface area contributed by atoms with Gasteiger partial charge in [0.25, 0.3) is 0 Å². The molecule has 1 rings (SSSR count). The number of nitrogen functional groups attached to an aromatic ring is 1. The third kappa shape index (κ3) is 3.15. The number of carbonyl (C=O) groups is 1. The van der Waals surface area contributed by atoms with Crippen molar-refractivity contribution < 1.29 is 9.53 Å². The summed E-state index contributed by atoms with van der Waals surface area (Å²) in [6, 6.07) is 1.69. The van der Waals surface area contributed by atoms with E-state index in [1.54, 1.807) is 12.3 Å². The average Bonchev–Trinajstić information content (AvgIpc) is 2.17. The summed E-state index contributed by atoms with van der Waals surface area (Å²) in [6.45, 7) is 0. The fourth-order valence-corrected chi connectivity index (χ4v) is 0.817. The van der Waals surface area contributed by atoms with Gasteiger partial charge in [-0.2, -0.15) is 0 Å². The summed E-state index contributed by atoms with van der Waals surface area (Å²) in [5.41, 5.74) is 6.73. The summed E-state index contributed by atoms with van der Waals surface area (Å²) in [4.78, 5) is 14.6. The van der Waals surface area contributed by atoms with Crippen molar-refractivity contribution in [2.45, 2.75) is 6.42 Å². The molecule has 0 fully saturated rings. The van der Waals surface area contributed by atoms with E-state index in [0.717, 1.165) is 0 Å². The predicted octanol–water partition coefficient (Wildman–Crippen LogP) is 0.578. The molecule has 1 aromatic rings. The maximum absolute atomic E-state index is 10.7. The van der Waals surface area contributed by atoms with Crippen molar-refractivity contribution in [3.8, 4) is 11.8 Å². The highest BCUT2D eigenvalue weighted by Crippen LogP contribution is 2.01. The maximum Gasteiger partial charge on any atom is 0.317 e. The molecule has 1 aromatic heterocycles. The Morgan fingerprint density at radius 3 is 3.07 bits per heavy atom. The minimum absolute atomic E-state index is 0.0747. The standard InChI is InChI=1S/C10H10N2O2/c1-14-10(13)4-2-3-8-5-9(11)7-12-6-8/h5-7H,4,11H2,1H3. The fourth-order valence-electron chi connectivity index (χ4n) is 0.817. The minimum Gasteiger partial charge on any atom is -0.468 e. The molecule has 0 unspecified atom stereocenters. The lowest BCUT2D eigenvalue weighted by Gasteiger charge is -1.92. The first-order valence-corrected chi connectivity index (χ1v) is 3.98. The lowest BCUT2D eigenvalue weighted by molar-refractivity contribution is -0.139. The third-order valence-corrected chi connectivity index (χ3v) is 1.45. The molecule has 72 valence electrons. The van der Waals surface area contributed by atoms with Gasteiger partial charge in [-0.1, -0.05) is 11.8 Å². The van der Waals surface area contributed by atoms with Crippen LogP contribution < -0.4 is 5.73 Å². The molecule has 1 heterocycles. The number of carbonyl (C=O) groups excluding carboxylic acids is 1. The first-order chi connectivity index (χ1) is 6.72. The van der Waals surface area contributed by atoms with Crippen molar-refractivity contribution in [2.24, 2.45) is 0 Å². The van der Waals surface area contributed by atoms with Crippen LogP contribution in [0.4, 0.5) is 5.69 Å². The number of nitrogens with two attached hydrogens (primary N) is 1. The van der Waals surface area contributed by atoms with Gasteiger partial charge < -0.3 is 10.5 Å². The molecular formula is C10H10N2O2. The molecular weight excluding hydrogens is 180 g/mol. The molecule has 4 nitrogen and oxygen atoms in total. The molecule has 4 heteroatoms. The summed E-state index contributed by atoms with van der Waals surface area (Å²) < 4.78 is 4.43. The van der Waals surface area contributed by atoms with E-state index >= 15 is 0 Å². The van der Waals surface area contributed by atoms with Crippen LogP contribution in [0.5, 0.6) is 0 Å². The zero-order chi connectivity index (χ0) is 10.4. The largest absolute Gasteiger partial charge is 0.468 e. The van der Waals surface area contributed by atoms with E-state index in [1.165, 1.54) is 13.3 Å².